The second-order valence-electron chi connectivity index (χ2n) is 0.300. The summed E-state index contributed by atoms with van der Waals surface area (Å²) in [6.07, 6.45) is 0. The van der Waals surface area contributed by atoms with Crippen LogP contribution in [-0.4, -0.2) is 8.76 Å². The normalized spacial score (nSPS) is 12.3. The van der Waals surface area contributed by atoms with Crippen LogP contribution < -0.4 is 0 Å². The molecule has 0 heterocycles. The number of halogens is 1. The molecule has 0 fully saturated rings. The molecule has 6 heteroatoms. The highest BCUT2D eigenvalue weighted by Gasteiger charge is 1.59. The second-order valence-corrected chi connectivity index (χ2v) is 1.48. The first-order valence-electron chi connectivity index (χ1n) is 0.736. The predicted octanol–water partition coefficient (Wildman–Crippen LogP) is 0.00900. The van der Waals surface area contributed by atoms with Gasteiger partial charge >= 0.3 is 0 Å². The molecular weight excluding hydrogens is 146 g/mol. The maximum Gasteiger partial charge on any atom is 0.0870 e. The minimum absolute atomic E-state index is 0. The molecule has 0 aliphatic carbocycles. The molecular formula is H3ClO3PS-. The summed E-state index contributed by atoms with van der Waals surface area (Å²) in [5.41, 5.74) is 0. The van der Waals surface area contributed by atoms with E-state index in [0.717, 1.165) is 0 Å². The van der Waals surface area contributed by atoms with Crippen molar-refractivity contribution in [3.63, 3.8) is 0 Å². The average Bonchev–Trinajstić information content (AvgIpc) is 1.38. The Morgan fingerprint density at radius 1 is 1.83 bits per heavy atom. The maximum absolute atomic E-state index is 9.12. The van der Waals surface area contributed by atoms with Crippen LogP contribution in [0, 0.1) is 0 Å². The summed E-state index contributed by atoms with van der Waals surface area (Å²) in [7, 11) is 1.58. The minimum Gasteiger partial charge on any atom is -0.750 e. The van der Waals surface area contributed by atoms with E-state index in [0.29, 0.717) is 0 Å². The van der Waals surface area contributed by atoms with Gasteiger partial charge < -0.3 is 4.55 Å². The molecule has 0 aromatic carbocycles. The summed E-state index contributed by atoms with van der Waals surface area (Å²) < 4.78 is 21.8. The summed E-state index contributed by atoms with van der Waals surface area (Å²) >= 11 is -2.36. The van der Waals surface area contributed by atoms with Crippen LogP contribution in [0.4, 0.5) is 0 Å². The van der Waals surface area contributed by atoms with Gasteiger partial charge in [-0.15, -0.1) is 12.4 Å². The Kier molecular flexibility index (Phi) is 9.57. The molecule has 0 aliphatic heterocycles. The van der Waals surface area contributed by atoms with Gasteiger partial charge in [-0.05, 0) is 0 Å². The van der Waals surface area contributed by atoms with Crippen molar-refractivity contribution in [2.24, 2.45) is 0 Å². The molecule has 3 nitrogen and oxygen atoms in total. The summed E-state index contributed by atoms with van der Waals surface area (Å²) in [6.45, 7) is 0. The highest BCUT2D eigenvalue weighted by Crippen LogP contribution is 1.84. The highest BCUT2D eigenvalue weighted by molar-refractivity contribution is 7.76. The Morgan fingerprint density at radius 2 is 2.00 bits per heavy atom. The molecule has 0 rings (SSSR count). The van der Waals surface area contributed by atoms with Crippen LogP contribution in [0.5, 0.6) is 0 Å². The lowest BCUT2D eigenvalue weighted by atomic mass is 15.8. The van der Waals surface area contributed by atoms with Crippen molar-refractivity contribution < 1.29 is 12.7 Å². The van der Waals surface area contributed by atoms with Gasteiger partial charge in [0, 0.05) is 9.47 Å². The maximum atomic E-state index is 9.12. The van der Waals surface area contributed by atoms with Crippen LogP contribution in [0.25, 0.3) is 0 Å². The van der Waals surface area contributed by atoms with E-state index in [1.54, 1.807) is 9.47 Å². The van der Waals surface area contributed by atoms with Crippen molar-refractivity contribution >= 4 is 33.2 Å². The highest BCUT2D eigenvalue weighted by atomic mass is 35.5. The van der Waals surface area contributed by atoms with Gasteiger partial charge in [0.15, 0.2) is 0 Å². The summed E-state index contributed by atoms with van der Waals surface area (Å²) in [6, 6.07) is 0. The Bertz CT molecular complexity index is 46.1. The topological polar surface area (TPSA) is 49.4 Å². The van der Waals surface area contributed by atoms with Crippen LogP contribution in [0.3, 0.4) is 0 Å². The molecule has 2 atom stereocenters. The molecule has 0 aliphatic rings. The van der Waals surface area contributed by atoms with E-state index in [2.05, 4.69) is 3.97 Å². The Hall–Kier alpha value is 0.790. The molecule has 0 radical (unpaired) electrons. The van der Waals surface area contributed by atoms with E-state index in [9.17, 15) is 0 Å². The van der Waals surface area contributed by atoms with Gasteiger partial charge in [0.25, 0.3) is 0 Å². The molecule has 0 aromatic rings. The van der Waals surface area contributed by atoms with Gasteiger partial charge in [-0.25, -0.2) is 4.21 Å². The quantitative estimate of drug-likeness (QED) is 0.390. The molecule has 0 amide bonds. The second kappa shape index (κ2) is 5.79. The number of hydrogen-bond acceptors (Lipinski definition) is 3. The fourth-order valence-corrected chi connectivity index (χ4v) is 0. The van der Waals surface area contributed by atoms with E-state index >= 15 is 0 Å². The fourth-order valence-electron chi connectivity index (χ4n) is 0. The monoisotopic (exact) mass is 149 g/mol. The van der Waals surface area contributed by atoms with Crippen LogP contribution >= 0.6 is 21.9 Å². The molecule has 6 heavy (non-hydrogen) atoms. The van der Waals surface area contributed by atoms with Crippen molar-refractivity contribution in [2.45, 2.75) is 0 Å². The van der Waals surface area contributed by atoms with Gasteiger partial charge in [-0.1, -0.05) is 0 Å². The van der Waals surface area contributed by atoms with E-state index in [1.807, 2.05) is 0 Å². The third-order valence-corrected chi connectivity index (χ3v) is 0.707. The van der Waals surface area contributed by atoms with Gasteiger partial charge in [0.2, 0.25) is 0 Å². The smallest absolute Gasteiger partial charge is 0.0870 e. The summed E-state index contributed by atoms with van der Waals surface area (Å²) in [5.74, 6) is 0. The van der Waals surface area contributed by atoms with Crippen LogP contribution in [-0.2, 0) is 15.3 Å². The zero-order valence-electron chi connectivity index (χ0n) is 2.62. The Balaban J connectivity index is 0. The lowest BCUT2D eigenvalue weighted by Gasteiger charge is -1.93. The molecule has 0 saturated heterocycles. The predicted molar refractivity (Wildman–Crippen MR) is 27.0 cm³/mol. The van der Waals surface area contributed by atoms with E-state index < -0.39 is 11.4 Å². The Labute approximate surface area is 46.6 Å². The third-order valence-electron chi connectivity index (χ3n) is 0.0786. The van der Waals surface area contributed by atoms with Crippen molar-refractivity contribution in [3.05, 3.63) is 0 Å². The molecule has 0 aromatic heterocycles. The largest absolute Gasteiger partial charge is 0.750 e. The lowest BCUT2D eigenvalue weighted by molar-refractivity contribution is 0.464. The van der Waals surface area contributed by atoms with Crippen LogP contribution in [0.2, 0.25) is 0 Å². The lowest BCUT2D eigenvalue weighted by Crippen LogP contribution is -1.78. The van der Waals surface area contributed by atoms with Crippen molar-refractivity contribution in [1.82, 2.24) is 0 Å². The van der Waals surface area contributed by atoms with E-state index in [-0.39, 0.29) is 12.4 Å². The Morgan fingerprint density at radius 3 is 2.00 bits per heavy atom. The van der Waals surface area contributed by atoms with E-state index in [1.165, 1.54) is 0 Å². The van der Waals surface area contributed by atoms with Gasteiger partial charge in [-0.3, -0.25) is 3.97 Å². The van der Waals surface area contributed by atoms with Gasteiger partial charge in [0.05, 0.1) is 11.4 Å². The van der Waals surface area contributed by atoms with Crippen molar-refractivity contribution in [3.8, 4) is 0 Å². The standard InChI is InChI=1S/ClH.H3O3PS/c;1-5(2)3-4/h1H;4H2,(H,1,2)/p-1. The van der Waals surface area contributed by atoms with Crippen LogP contribution in [0.1, 0.15) is 0 Å². The first-order chi connectivity index (χ1) is 2.27. The number of rotatable bonds is 1. The average molecular weight is 150 g/mol. The molecule has 40 valence electrons. The minimum atomic E-state index is -2.36. The molecule has 0 spiro atoms. The molecule has 0 saturated carbocycles. The molecule has 2 unspecified atom stereocenters. The zero-order valence-corrected chi connectivity index (χ0v) is 5.41. The van der Waals surface area contributed by atoms with Crippen molar-refractivity contribution in [1.29, 1.82) is 0 Å². The summed E-state index contributed by atoms with van der Waals surface area (Å²) in [5, 5.41) is 0. The SMILES string of the molecule is Cl.O=S([O-])OP. The van der Waals surface area contributed by atoms with E-state index in [4.69, 9.17) is 8.76 Å². The van der Waals surface area contributed by atoms with Gasteiger partial charge in [-0.2, -0.15) is 0 Å². The zero-order chi connectivity index (χ0) is 4.28. The number of hydrogen-bond donors (Lipinski definition) is 0. The molecule has 0 N–H and O–H groups in total. The van der Waals surface area contributed by atoms with Crippen LogP contribution in [0.15, 0.2) is 0 Å². The van der Waals surface area contributed by atoms with Gasteiger partial charge in [0.1, 0.15) is 0 Å². The fraction of sp³-hybridized carbons (Fsp3) is 0. The summed E-state index contributed by atoms with van der Waals surface area (Å²) in [4.78, 5) is 0. The molecule has 0 bridgehead atoms. The third kappa shape index (κ3) is 8.84. The van der Waals surface area contributed by atoms with Crippen molar-refractivity contribution in [2.75, 3.05) is 0 Å². The first kappa shape index (κ1) is 9.92. The first-order valence-corrected chi connectivity index (χ1v) is 2.21.